The first kappa shape index (κ1) is 25.6. The highest BCUT2D eigenvalue weighted by Gasteiger charge is 2.44. The summed E-state index contributed by atoms with van der Waals surface area (Å²) in [5, 5.41) is 24.6. The highest BCUT2D eigenvalue weighted by molar-refractivity contribution is 7.13. The van der Waals surface area contributed by atoms with Crippen LogP contribution in [0, 0.1) is 12.3 Å². The van der Waals surface area contributed by atoms with E-state index < -0.39 is 35.6 Å². The van der Waals surface area contributed by atoms with E-state index in [9.17, 15) is 24.6 Å². The standard InChI is InChI=1S/C24H32N4O5S/c1-13(15-6-8-16(9-7-15)19-14(2)25-12-34-19)26-21(30)18-10-17(29)11-28(18)22(31)20(24(3,4)5)27-23(32)33/h6-9,12-13,17-18,20,27,29H,10-11H2,1-5H3,(H,26,30)(H,32,33)/t13-,17-,18+,20?/m0/s1. The number of carbonyl (C=O) groups is 3. The lowest BCUT2D eigenvalue weighted by atomic mass is 9.85. The summed E-state index contributed by atoms with van der Waals surface area (Å²) in [5.41, 5.74) is 4.01. The minimum Gasteiger partial charge on any atom is -0.465 e. The van der Waals surface area contributed by atoms with Crippen molar-refractivity contribution in [2.45, 2.75) is 65.3 Å². The molecule has 0 aliphatic carbocycles. The van der Waals surface area contributed by atoms with Gasteiger partial charge >= 0.3 is 6.09 Å². The predicted molar refractivity (Wildman–Crippen MR) is 129 cm³/mol. The topological polar surface area (TPSA) is 132 Å². The number of thiazole rings is 1. The Labute approximate surface area is 203 Å². The molecule has 1 unspecified atom stereocenters. The summed E-state index contributed by atoms with van der Waals surface area (Å²) in [6.45, 7) is 9.02. The van der Waals surface area contributed by atoms with Gasteiger partial charge < -0.3 is 25.7 Å². The maximum absolute atomic E-state index is 13.2. The molecule has 1 fully saturated rings. The molecule has 1 saturated heterocycles. The third kappa shape index (κ3) is 5.74. The number of hydrogen-bond donors (Lipinski definition) is 4. The molecule has 3 amide bonds. The van der Waals surface area contributed by atoms with E-state index in [-0.39, 0.29) is 24.9 Å². The third-order valence-electron chi connectivity index (χ3n) is 6.02. The van der Waals surface area contributed by atoms with Crippen molar-refractivity contribution in [1.82, 2.24) is 20.5 Å². The van der Waals surface area contributed by atoms with Gasteiger partial charge in [-0.05, 0) is 30.4 Å². The van der Waals surface area contributed by atoms with Crippen molar-refractivity contribution in [3.8, 4) is 10.4 Å². The minimum atomic E-state index is -1.32. The van der Waals surface area contributed by atoms with E-state index in [0.29, 0.717) is 0 Å². The number of carbonyl (C=O) groups excluding carboxylic acids is 2. The fourth-order valence-corrected chi connectivity index (χ4v) is 4.95. The van der Waals surface area contributed by atoms with Gasteiger partial charge in [-0.15, -0.1) is 11.3 Å². The van der Waals surface area contributed by atoms with Crippen LogP contribution in [0.4, 0.5) is 4.79 Å². The van der Waals surface area contributed by atoms with E-state index in [4.69, 9.17) is 0 Å². The molecule has 4 atom stereocenters. The Kier molecular flexibility index (Phi) is 7.62. The Bertz CT molecular complexity index is 1050. The molecule has 0 saturated carbocycles. The number of aromatic nitrogens is 1. The third-order valence-corrected chi connectivity index (χ3v) is 7.00. The molecule has 3 rings (SSSR count). The molecule has 2 aromatic rings. The van der Waals surface area contributed by atoms with Crippen LogP contribution in [-0.4, -0.2) is 62.7 Å². The first-order valence-electron chi connectivity index (χ1n) is 11.2. The highest BCUT2D eigenvalue weighted by Crippen LogP contribution is 2.29. The van der Waals surface area contributed by atoms with E-state index in [1.54, 1.807) is 37.6 Å². The molecule has 2 heterocycles. The smallest absolute Gasteiger partial charge is 0.405 e. The van der Waals surface area contributed by atoms with Crippen LogP contribution in [0.1, 0.15) is 51.4 Å². The molecule has 1 aromatic carbocycles. The molecule has 0 spiro atoms. The molecule has 34 heavy (non-hydrogen) atoms. The number of nitrogens with one attached hydrogen (secondary N) is 2. The lowest BCUT2D eigenvalue weighted by Crippen LogP contribution is -2.57. The van der Waals surface area contributed by atoms with E-state index in [1.165, 1.54) is 4.90 Å². The van der Waals surface area contributed by atoms with Crippen LogP contribution in [0.5, 0.6) is 0 Å². The number of nitrogens with zero attached hydrogens (tertiary/aromatic N) is 2. The molecule has 9 nitrogen and oxygen atoms in total. The van der Waals surface area contributed by atoms with Gasteiger partial charge in [0.2, 0.25) is 11.8 Å². The molecule has 4 N–H and O–H groups in total. The van der Waals surface area contributed by atoms with Crippen LogP contribution >= 0.6 is 11.3 Å². The molecular weight excluding hydrogens is 456 g/mol. The Morgan fingerprint density at radius 2 is 1.82 bits per heavy atom. The number of hydrogen-bond acceptors (Lipinski definition) is 6. The van der Waals surface area contributed by atoms with Gasteiger partial charge in [0.05, 0.1) is 28.2 Å². The quantitative estimate of drug-likeness (QED) is 0.494. The van der Waals surface area contributed by atoms with Crippen LogP contribution in [-0.2, 0) is 9.59 Å². The molecule has 0 bridgehead atoms. The number of carboxylic acid groups (broad SMARTS) is 1. The fourth-order valence-electron chi connectivity index (χ4n) is 4.14. The van der Waals surface area contributed by atoms with Crippen molar-refractivity contribution >= 4 is 29.2 Å². The molecule has 1 aliphatic rings. The number of aryl methyl sites for hydroxylation is 1. The minimum absolute atomic E-state index is 0.0257. The molecule has 1 aliphatic heterocycles. The van der Waals surface area contributed by atoms with Crippen LogP contribution in [0.2, 0.25) is 0 Å². The lowest BCUT2D eigenvalue weighted by Gasteiger charge is -2.34. The van der Waals surface area contributed by atoms with Gasteiger partial charge in [0.1, 0.15) is 12.1 Å². The first-order valence-corrected chi connectivity index (χ1v) is 12.0. The summed E-state index contributed by atoms with van der Waals surface area (Å²) in [4.78, 5) is 44.3. The second kappa shape index (κ2) is 10.1. The number of likely N-dealkylation sites (tertiary alicyclic amines) is 1. The van der Waals surface area contributed by atoms with E-state index in [0.717, 1.165) is 21.7 Å². The Hall–Kier alpha value is -2.98. The maximum Gasteiger partial charge on any atom is 0.405 e. The van der Waals surface area contributed by atoms with Gasteiger partial charge in [-0.1, -0.05) is 45.0 Å². The van der Waals surface area contributed by atoms with Crippen molar-refractivity contribution in [3.05, 3.63) is 41.0 Å². The summed E-state index contributed by atoms with van der Waals surface area (Å²) in [6, 6.07) is 5.60. The molecule has 1 aromatic heterocycles. The van der Waals surface area contributed by atoms with Gasteiger partial charge in [0.25, 0.3) is 0 Å². The monoisotopic (exact) mass is 488 g/mol. The zero-order chi connectivity index (χ0) is 25.2. The SMILES string of the molecule is Cc1ncsc1-c1ccc([C@H](C)NC(=O)[C@H]2C[C@H](O)CN2C(=O)C(NC(=O)O)C(C)(C)C)cc1. The van der Waals surface area contributed by atoms with E-state index >= 15 is 0 Å². The van der Waals surface area contributed by atoms with Crippen molar-refractivity contribution in [2.24, 2.45) is 5.41 Å². The van der Waals surface area contributed by atoms with E-state index in [2.05, 4.69) is 15.6 Å². The maximum atomic E-state index is 13.2. The summed E-state index contributed by atoms with van der Waals surface area (Å²) < 4.78 is 0. The Morgan fingerprint density at radius 3 is 2.35 bits per heavy atom. The summed E-state index contributed by atoms with van der Waals surface area (Å²) >= 11 is 1.57. The Balaban J connectivity index is 1.72. The van der Waals surface area contributed by atoms with Crippen molar-refractivity contribution in [3.63, 3.8) is 0 Å². The second-order valence-electron chi connectivity index (χ2n) is 9.76. The fraction of sp³-hybridized carbons (Fsp3) is 0.500. The Morgan fingerprint density at radius 1 is 1.18 bits per heavy atom. The average Bonchev–Trinajstić information content (AvgIpc) is 3.36. The van der Waals surface area contributed by atoms with Crippen LogP contribution in [0.25, 0.3) is 10.4 Å². The van der Waals surface area contributed by atoms with Gasteiger partial charge in [0, 0.05) is 13.0 Å². The number of β-amino-alcohol motifs (C(OH)–C–C–N with tert-alkyl or cyclic N) is 1. The van der Waals surface area contributed by atoms with Gasteiger partial charge in [0.15, 0.2) is 0 Å². The van der Waals surface area contributed by atoms with E-state index in [1.807, 2.05) is 38.1 Å². The summed E-state index contributed by atoms with van der Waals surface area (Å²) in [7, 11) is 0. The molecular formula is C24H32N4O5S. The number of aliphatic hydroxyl groups is 1. The van der Waals surface area contributed by atoms with Crippen LogP contribution in [0.15, 0.2) is 29.8 Å². The summed E-state index contributed by atoms with van der Waals surface area (Å²) in [6.07, 6.45) is -2.08. The zero-order valence-electron chi connectivity index (χ0n) is 20.0. The molecule has 184 valence electrons. The number of aliphatic hydroxyl groups excluding tert-OH is 1. The van der Waals surface area contributed by atoms with Crippen molar-refractivity contribution in [2.75, 3.05) is 6.54 Å². The average molecular weight is 489 g/mol. The molecule has 0 radical (unpaired) electrons. The predicted octanol–water partition coefficient (Wildman–Crippen LogP) is 2.94. The molecule has 10 heteroatoms. The van der Waals surface area contributed by atoms with Crippen LogP contribution < -0.4 is 10.6 Å². The zero-order valence-corrected chi connectivity index (χ0v) is 20.8. The largest absolute Gasteiger partial charge is 0.465 e. The number of rotatable bonds is 6. The van der Waals surface area contributed by atoms with Gasteiger partial charge in [-0.3, -0.25) is 9.59 Å². The van der Waals surface area contributed by atoms with Crippen molar-refractivity contribution in [1.29, 1.82) is 0 Å². The number of amides is 3. The first-order chi connectivity index (χ1) is 15.9. The van der Waals surface area contributed by atoms with Crippen LogP contribution in [0.3, 0.4) is 0 Å². The highest BCUT2D eigenvalue weighted by atomic mass is 32.1. The van der Waals surface area contributed by atoms with Crippen molar-refractivity contribution < 1.29 is 24.6 Å². The lowest BCUT2D eigenvalue weighted by molar-refractivity contribution is -0.142. The second-order valence-corrected chi connectivity index (χ2v) is 10.6. The summed E-state index contributed by atoms with van der Waals surface area (Å²) in [5.74, 6) is -0.911. The van der Waals surface area contributed by atoms with Gasteiger partial charge in [-0.25, -0.2) is 9.78 Å². The number of benzene rings is 1. The normalized spacial score (nSPS) is 20.0. The van der Waals surface area contributed by atoms with Gasteiger partial charge in [-0.2, -0.15) is 0 Å².